The van der Waals surface area contributed by atoms with E-state index in [0.717, 1.165) is 30.5 Å². The number of ether oxygens (including phenoxy) is 1. The van der Waals surface area contributed by atoms with Crippen LogP contribution in [-0.4, -0.2) is 31.3 Å². The molecule has 0 bridgehead atoms. The average molecular weight is 515 g/mol. The highest BCUT2D eigenvalue weighted by Crippen LogP contribution is 2.41. The van der Waals surface area contributed by atoms with Gasteiger partial charge in [-0.3, -0.25) is 4.68 Å². The van der Waals surface area contributed by atoms with Crippen LogP contribution in [0.5, 0.6) is 0 Å². The largest absolute Gasteiger partial charge is 0.435 e. The standard InChI is InChI=1S/C26H22F5N5O/c1-13-25(26(29,30)31)35-24-21(33-13)10-20(34-23(24)18-5-2-16(27)9-19(18)28)14-6-7-37-22(8-14)15-11-32-36(12-15)17-3-4-17/h2,5,9-12,14,17,22H,3-4,6-8H2,1H3/t14-,22-/m0/s1. The molecule has 0 amide bonds. The number of aryl methyl sites for hydroxylation is 1. The molecule has 6 rings (SSSR count). The van der Waals surface area contributed by atoms with E-state index >= 15 is 0 Å². The van der Waals surface area contributed by atoms with Gasteiger partial charge in [0.1, 0.15) is 22.8 Å². The Labute approximate surface area is 208 Å². The second kappa shape index (κ2) is 8.83. The van der Waals surface area contributed by atoms with Crippen LogP contribution < -0.4 is 0 Å². The van der Waals surface area contributed by atoms with Crippen LogP contribution in [0.4, 0.5) is 22.0 Å². The zero-order chi connectivity index (χ0) is 25.9. The fourth-order valence-corrected chi connectivity index (χ4v) is 4.87. The van der Waals surface area contributed by atoms with Crippen molar-refractivity contribution in [1.82, 2.24) is 24.7 Å². The Morgan fingerprint density at radius 1 is 1.03 bits per heavy atom. The molecule has 1 aliphatic heterocycles. The molecular formula is C26H22F5N5O. The lowest BCUT2D eigenvalue weighted by Gasteiger charge is -2.29. The maximum Gasteiger partial charge on any atom is 0.435 e. The van der Waals surface area contributed by atoms with Crippen LogP contribution in [0.25, 0.3) is 22.3 Å². The lowest BCUT2D eigenvalue weighted by Crippen LogP contribution is -2.20. The molecule has 6 nitrogen and oxygen atoms in total. The van der Waals surface area contributed by atoms with Crippen LogP contribution in [0, 0.1) is 18.6 Å². The number of fused-ring (bicyclic) bond motifs is 1. The molecule has 0 radical (unpaired) electrons. The number of pyridine rings is 1. The Kier molecular flexibility index (Phi) is 5.70. The molecule has 1 aliphatic carbocycles. The predicted octanol–water partition coefficient (Wildman–Crippen LogP) is 6.46. The van der Waals surface area contributed by atoms with E-state index in [-0.39, 0.29) is 40.0 Å². The summed E-state index contributed by atoms with van der Waals surface area (Å²) in [6, 6.07) is 4.91. The summed E-state index contributed by atoms with van der Waals surface area (Å²) in [6.45, 7) is 1.68. The average Bonchev–Trinajstić information content (AvgIpc) is 3.58. The van der Waals surface area contributed by atoms with Crippen molar-refractivity contribution in [2.75, 3.05) is 6.61 Å². The van der Waals surface area contributed by atoms with Crippen molar-refractivity contribution in [2.24, 2.45) is 0 Å². The first kappa shape index (κ1) is 23.9. The SMILES string of the molecule is Cc1nc2cc([C@H]3CCO[C@H](c4cnn(C5CC5)c4)C3)nc(-c3ccc(F)cc3F)c2nc1C(F)(F)F. The molecule has 4 aromatic rings. The number of hydrogen-bond acceptors (Lipinski definition) is 5. The third-order valence-electron chi connectivity index (χ3n) is 6.92. The van der Waals surface area contributed by atoms with E-state index in [9.17, 15) is 22.0 Å². The zero-order valence-corrected chi connectivity index (χ0v) is 19.8. The van der Waals surface area contributed by atoms with Crippen molar-refractivity contribution >= 4 is 11.0 Å². The Balaban J connectivity index is 1.44. The smallest absolute Gasteiger partial charge is 0.373 e. The number of hydrogen-bond donors (Lipinski definition) is 0. The van der Waals surface area contributed by atoms with Crippen LogP contribution in [0.3, 0.4) is 0 Å². The normalized spacial score (nSPS) is 20.5. The number of halogens is 5. The van der Waals surface area contributed by atoms with Crippen LogP contribution in [0.1, 0.15) is 66.4 Å². The summed E-state index contributed by atoms with van der Waals surface area (Å²) in [5.74, 6) is -1.88. The van der Waals surface area contributed by atoms with Crippen molar-refractivity contribution in [2.45, 2.75) is 56.8 Å². The third-order valence-corrected chi connectivity index (χ3v) is 6.92. The number of rotatable bonds is 4. The minimum absolute atomic E-state index is 0.104. The fourth-order valence-electron chi connectivity index (χ4n) is 4.87. The topological polar surface area (TPSA) is 65.7 Å². The van der Waals surface area contributed by atoms with Gasteiger partial charge in [-0.2, -0.15) is 18.3 Å². The Hall–Kier alpha value is -3.47. The number of alkyl halides is 3. The maximum atomic E-state index is 14.8. The van der Waals surface area contributed by atoms with Crippen LogP contribution >= 0.6 is 0 Å². The monoisotopic (exact) mass is 515 g/mol. The predicted molar refractivity (Wildman–Crippen MR) is 124 cm³/mol. The molecule has 1 aromatic carbocycles. The third kappa shape index (κ3) is 4.56. The minimum Gasteiger partial charge on any atom is -0.373 e. The summed E-state index contributed by atoms with van der Waals surface area (Å²) in [6.07, 6.45) is 2.21. The molecule has 37 heavy (non-hydrogen) atoms. The Morgan fingerprint density at radius 3 is 2.57 bits per heavy atom. The van der Waals surface area contributed by atoms with Gasteiger partial charge < -0.3 is 4.74 Å². The van der Waals surface area contributed by atoms with Gasteiger partial charge in [-0.1, -0.05) is 0 Å². The van der Waals surface area contributed by atoms with Crippen LogP contribution in [-0.2, 0) is 10.9 Å². The highest BCUT2D eigenvalue weighted by atomic mass is 19.4. The second-order valence-corrected chi connectivity index (χ2v) is 9.61. The maximum absolute atomic E-state index is 14.8. The second-order valence-electron chi connectivity index (χ2n) is 9.61. The first-order chi connectivity index (χ1) is 17.7. The van der Waals surface area contributed by atoms with Crippen LogP contribution in [0.15, 0.2) is 36.7 Å². The number of nitrogens with zero attached hydrogens (tertiary/aromatic N) is 5. The van der Waals surface area contributed by atoms with Gasteiger partial charge in [-0.25, -0.2) is 23.7 Å². The molecule has 4 heterocycles. The van der Waals surface area contributed by atoms with Gasteiger partial charge >= 0.3 is 6.18 Å². The van der Waals surface area contributed by atoms with Gasteiger partial charge in [-0.05, 0) is 50.8 Å². The molecule has 0 spiro atoms. The van der Waals surface area contributed by atoms with Crippen molar-refractivity contribution in [3.05, 3.63) is 70.9 Å². The fraction of sp³-hybridized carbons (Fsp3) is 0.385. The molecule has 2 aliphatic rings. The van der Waals surface area contributed by atoms with Crippen molar-refractivity contribution < 1.29 is 26.7 Å². The molecule has 192 valence electrons. The van der Waals surface area contributed by atoms with Gasteiger partial charge in [0.15, 0.2) is 5.69 Å². The summed E-state index contributed by atoms with van der Waals surface area (Å²) in [4.78, 5) is 12.6. The Morgan fingerprint density at radius 2 is 1.84 bits per heavy atom. The van der Waals surface area contributed by atoms with E-state index in [1.54, 1.807) is 12.3 Å². The highest BCUT2D eigenvalue weighted by molar-refractivity contribution is 5.89. The van der Waals surface area contributed by atoms with Gasteiger partial charge in [0.05, 0.1) is 29.6 Å². The van der Waals surface area contributed by atoms with Crippen molar-refractivity contribution in [3.8, 4) is 11.3 Å². The van der Waals surface area contributed by atoms with Crippen LogP contribution in [0.2, 0.25) is 0 Å². The quantitative estimate of drug-likeness (QED) is 0.292. The van der Waals surface area contributed by atoms with E-state index in [2.05, 4.69) is 20.1 Å². The van der Waals surface area contributed by atoms with Gasteiger partial charge in [0.2, 0.25) is 0 Å². The van der Waals surface area contributed by atoms with Gasteiger partial charge in [0, 0.05) is 41.6 Å². The molecule has 2 fully saturated rings. The Bertz CT molecular complexity index is 1500. The summed E-state index contributed by atoms with van der Waals surface area (Å²) < 4.78 is 77.2. The first-order valence-electron chi connectivity index (χ1n) is 12.0. The number of aromatic nitrogens is 5. The van der Waals surface area contributed by atoms with E-state index < -0.39 is 23.5 Å². The summed E-state index contributed by atoms with van der Waals surface area (Å²) in [5, 5.41) is 4.44. The lowest BCUT2D eigenvalue weighted by atomic mass is 9.89. The lowest BCUT2D eigenvalue weighted by molar-refractivity contribution is -0.141. The van der Waals surface area contributed by atoms with Crippen molar-refractivity contribution in [1.29, 1.82) is 0 Å². The highest BCUT2D eigenvalue weighted by Gasteiger charge is 2.36. The minimum atomic E-state index is -4.75. The summed E-state index contributed by atoms with van der Waals surface area (Å²) in [7, 11) is 0. The molecular weight excluding hydrogens is 493 g/mol. The molecule has 3 aromatic heterocycles. The summed E-state index contributed by atoms with van der Waals surface area (Å²) >= 11 is 0. The van der Waals surface area contributed by atoms with Gasteiger partial charge in [-0.15, -0.1) is 0 Å². The van der Waals surface area contributed by atoms with E-state index in [4.69, 9.17) is 4.74 Å². The molecule has 0 N–H and O–H groups in total. The molecule has 1 saturated carbocycles. The first-order valence-corrected chi connectivity index (χ1v) is 12.0. The van der Waals surface area contributed by atoms with Gasteiger partial charge in [0.25, 0.3) is 0 Å². The zero-order valence-electron chi connectivity index (χ0n) is 19.8. The molecule has 11 heteroatoms. The van der Waals surface area contributed by atoms with E-state index in [1.165, 1.54) is 6.92 Å². The van der Waals surface area contributed by atoms with E-state index in [1.807, 2.05) is 10.9 Å². The number of benzene rings is 1. The van der Waals surface area contributed by atoms with Crippen molar-refractivity contribution in [3.63, 3.8) is 0 Å². The molecule has 0 unspecified atom stereocenters. The molecule has 1 saturated heterocycles. The molecule has 2 atom stereocenters. The summed E-state index contributed by atoms with van der Waals surface area (Å²) in [5.41, 5.74) is -0.242. The van der Waals surface area contributed by atoms with E-state index in [0.29, 0.717) is 37.3 Å².